The zero-order valence-corrected chi connectivity index (χ0v) is 10.5. The summed E-state index contributed by atoms with van der Waals surface area (Å²) in [6, 6.07) is 2.17. The van der Waals surface area contributed by atoms with Crippen molar-refractivity contribution in [3.63, 3.8) is 0 Å². The topological polar surface area (TPSA) is 33.0 Å². The molecule has 17 heavy (non-hydrogen) atoms. The van der Waals surface area contributed by atoms with E-state index in [2.05, 4.69) is 24.5 Å². The highest BCUT2D eigenvalue weighted by Gasteiger charge is 2.15. The van der Waals surface area contributed by atoms with Crippen molar-refractivity contribution in [2.24, 2.45) is 0 Å². The third-order valence-electron chi connectivity index (χ3n) is 3.24. The molecule has 1 aliphatic carbocycles. The van der Waals surface area contributed by atoms with Crippen molar-refractivity contribution in [1.82, 2.24) is 5.32 Å². The zero-order valence-electron chi connectivity index (χ0n) is 10.5. The maximum Gasteiger partial charge on any atom is 0.285 e. The molecule has 0 atom stereocenters. The van der Waals surface area contributed by atoms with Crippen LogP contribution in [0.4, 0.5) is 0 Å². The first-order chi connectivity index (χ1) is 8.29. The maximum absolute atomic E-state index is 11.6. The van der Waals surface area contributed by atoms with Crippen LogP contribution >= 0.6 is 0 Å². The molecule has 1 heterocycles. The van der Waals surface area contributed by atoms with Gasteiger partial charge in [0.1, 0.15) is 0 Å². The van der Waals surface area contributed by atoms with Gasteiger partial charge in [-0.3, -0.25) is 4.79 Å². The van der Waals surface area contributed by atoms with Gasteiger partial charge in [0, 0.05) is 18.2 Å². The molecular formula is C14H21N2O+. The average Bonchev–Trinajstić information content (AvgIpc) is 2.36. The number of hydrogen-bond acceptors (Lipinski definition) is 1. The van der Waals surface area contributed by atoms with E-state index in [0.29, 0.717) is 6.54 Å². The van der Waals surface area contributed by atoms with Crippen LogP contribution in [0.2, 0.25) is 0 Å². The molecule has 0 bridgehead atoms. The third kappa shape index (κ3) is 3.29. The Morgan fingerprint density at radius 3 is 2.88 bits per heavy atom. The summed E-state index contributed by atoms with van der Waals surface area (Å²) in [4.78, 5) is 11.6. The van der Waals surface area contributed by atoms with Gasteiger partial charge in [-0.15, -0.1) is 0 Å². The number of nitrogens with zero attached hydrogens (tertiary/aromatic N) is 1. The van der Waals surface area contributed by atoms with Gasteiger partial charge in [-0.1, -0.05) is 6.92 Å². The van der Waals surface area contributed by atoms with Crippen molar-refractivity contribution in [2.45, 2.75) is 45.6 Å². The Kier molecular flexibility index (Phi) is 4.13. The van der Waals surface area contributed by atoms with E-state index in [0.717, 1.165) is 19.4 Å². The predicted molar refractivity (Wildman–Crippen MR) is 66.6 cm³/mol. The van der Waals surface area contributed by atoms with Gasteiger partial charge >= 0.3 is 0 Å². The molecule has 0 aliphatic heterocycles. The molecule has 92 valence electrons. The van der Waals surface area contributed by atoms with Crippen molar-refractivity contribution in [1.29, 1.82) is 0 Å². The highest BCUT2D eigenvalue weighted by molar-refractivity contribution is 5.74. The second kappa shape index (κ2) is 5.80. The molecule has 0 unspecified atom stereocenters. The molecule has 0 saturated heterocycles. The standard InChI is InChI=1S/C14H20N2O/c1-2-8-15-14(17)11-16-9-7-12-5-3-4-6-13(12)10-16/h7,9-10H,2-6,8,11H2,1H3/p+1. The second-order valence-electron chi connectivity index (χ2n) is 4.72. The summed E-state index contributed by atoms with van der Waals surface area (Å²) in [5.74, 6) is 0.104. The average molecular weight is 233 g/mol. The lowest BCUT2D eigenvalue weighted by Crippen LogP contribution is -2.43. The van der Waals surface area contributed by atoms with Crippen LogP contribution in [0.5, 0.6) is 0 Å². The van der Waals surface area contributed by atoms with Crippen LogP contribution in [0.25, 0.3) is 0 Å². The number of hydrogen-bond donors (Lipinski definition) is 1. The van der Waals surface area contributed by atoms with Gasteiger partial charge in [0.2, 0.25) is 6.54 Å². The number of carbonyl (C=O) groups is 1. The molecule has 0 radical (unpaired) electrons. The number of aryl methyl sites for hydroxylation is 2. The number of amides is 1. The largest absolute Gasteiger partial charge is 0.351 e. The van der Waals surface area contributed by atoms with E-state index in [9.17, 15) is 4.79 Å². The number of rotatable bonds is 4. The SMILES string of the molecule is CCCNC(=O)C[n+]1ccc2c(c1)CCCC2. The molecule has 1 amide bonds. The van der Waals surface area contributed by atoms with E-state index in [1.54, 1.807) is 0 Å². The molecule has 0 saturated carbocycles. The Balaban J connectivity index is 1.99. The second-order valence-corrected chi connectivity index (χ2v) is 4.72. The van der Waals surface area contributed by atoms with E-state index < -0.39 is 0 Å². The molecule has 1 aromatic heterocycles. The van der Waals surface area contributed by atoms with Crippen LogP contribution in [0.15, 0.2) is 18.5 Å². The summed E-state index contributed by atoms with van der Waals surface area (Å²) >= 11 is 0. The minimum absolute atomic E-state index is 0.104. The molecule has 3 nitrogen and oxygen atoms in total. The van der Waals surface area contributed by atoms with Gasteiger partial charge in [-0.05, 0) is 37.7 Å². The smallest absolute Gasteiger partial charge is 0.285 e. The minimum Gasteiger partial charge on any atom is -0.351 e. The normalized spacial score (nSPS) is 14.2. The van der Waals surface area contributed by atoms with Gasteiger partial charge in [-0.2, -0.15) is 4.57 Å². The van der Waals surface area contributed by atoms with Crippen LogP contribution in [0, 0.1) is 0 Å². The van der Waals surface area contributed by atoms with Crippen molar-refractivity contribution >= 4 is 5.91 Å². The molecule has 1 N–H and O–H groups in total. The van der Waals surface area contributed by atoms with Crippen LogP contribution in [-0.4, -0.2) is 12.5 Å². The Bertz CT molecular complexity index is 401. The lowest BCUT2D eigenvalue weighted by atomic mass is 9.93. The summed E-state index contributed by atoms with van der Waals surface area (Å²) < 4.78 is 2.00. The summed E-state index contributed by atoms with van der Waals surface area (Å²) in [7, 11) is 0. The van der Waals surface area contributed by atoms with Gasteiger partial charge in [-0.25, -0.2) is 0 Å². The van der Waals surface area contributed by atoms with Gasteiger partial charge in [0.25, 0.3) is 5.91 Å². The number of aromatic nitrogens is 1. The predicted octanol–water partition coefficient (Wildman–Crippen LogP) is 1.38. The molecule has 3 heteroatoms. The van der Waals surface area contributed by atoms with Crippen LogP contribution in [0.1, 0.15) is 37.3 Å². The van der Waals surface area contributed by atoms with E-state index in [1.807, 2.05) is 10.8 Å². The Morgan fingerprint density at radius 2 is 2.12 bits per heavy atom. The monoisotopic (exact) mass is 233 g/mol. The Labute approximate surface area is 103 Å². The fourth-order valence-electron chi connectivity index (χ4n) is 2.30. The number of nitrogens with one attached hydrogen (secondary N) is 1. The van der Waals surface area contributed by atoms with E-state index >= 15 is 0 Å². The van der Waals surface area contributed by atoms with Crippen molar-refractivity contribution in [3.05, 3.63) is 29.6 Å². The summed E-state index contributed by atoms with van der Waals surface area (Å²) in [5.41, 5.74) is 2.88. The van der Waals surface area contributed by atoms with Crippen molar-refractivity contribution in [3.8, 4) is 0 Å². The van der Waals surface area contributed by atoms with Crippen LogP contribution < -0.4 is 9.88 Å². The first kappa shape index (κ1) is 12.1. The maximum atomic E-state index is 11.6. The summed E-state index contributed by atoms with van der Waals surface area (Å²) in [6.07, 6.45) is 10.1. The fourth-order valence-corrected chi connectivity index (χ4v) is 2.30. The van der Waals surface area contributed by atoms with Crippen LogP contribution in [0.3, 0.4) is 0 Å². The quantitative estimate of drug-likeness (QED) is 0.783. The molecule has 0 aromatic carbocycles. The van der Waals surface area contributed by atoms with E-state index in [4.69, 9.17) is 0 Å². The summed E-state index contributed by atoms with van der Waals surface area (Å²) in [5, 5.41) is 2.90. The highest BCUT2D eigenvalue weighted by atomic mass is 16.1. The first-order valence-corrected chi connectivity index (χ1v) is 6.57. The van der Waals surface area contributed by atoms with E-state index in [1.165, 1.54) is 30.4 Å². The zero-order chi connectivity index (χ0) is 12.1. The lowest BCUT2D eigenvalue weighted by molar-refractivity contribution is -0.685. The summed E-state index contributed by atoms with van der Waals surface area (Å²) in [6.45, 7) is 3.27. The van der Waals surface area contributed by atoms with Crippen molar-refractivity contribution in [2.75, 3.05) is 6.54 Å². The van der Waals surface area contributed by atoms with Gasteiger partial charge in [0.15, 0.2) is 12.4 Å². The number of pyridine rings is 1. The molecule has 1 aliphatic rings. The Morgan fingerprint density at radius 1 is 1.35 bits per heavy atom. The fraction of sp³-hybridized carbons (Fsp3) is 0.571. The number of carbonyl (C=O) groups excluding carboxylic acids is 1. The van der Waals surface area contributed by atoms with E-state index in [-0.39, 0.29) is 5.91 Å². The molecular weight excluding hydrogens is 212 g/mol. The molecule has 2 rings (SSSR count). The highest BCUT2D eigenvalue weighted by Crippen LogP contribution is 2.18. The van der Waals surface area contributed by atoms with Crippen molar-refractivity contribution < 1.29 is 9.36 Å². The molecule has 1 aromatic rings. The minimum atomic E-state index is 0.104. The molecule has 0 spiro atoms. The van der Waals surface area contributed by atoms with Gasteiger partial charge in [0.05, 0.1) is 0 Å². The van der Waals surface area contributed by atoms with Gasteiger partial charge < -0.3 is 5.32 Å². The third-order valence-corrected chi connectivity index (χ3v) is 3.24. The molecule has 0 fully saturated rings. The lowest BCUT2D eigenvalue weighted by Gasteiger charge is -2.13. The number of fused-ring (bicyclic) bond motifs is 1. The van der Waals surface area contributed by atoms with Crippen LogP contribution in [-0.2, 0) is 24.2 Å². The first-order valence-electron chi connectivity index (χ1n) is 6.57. The Hall–Kier alpha value is -1.38.